The summed E-state index contributed by atoms with van der Waals surface area (Å²) in [4.78, 5) is 11.7. The first kappa shape index (κ1) is 16.4. The minimum absolute atomic E-state index is 0.0293. The standard InChI is InChI=1S/C15H22FNO3/c1-11(2)14(7-9-18)17-15(19)8-10-20-13-5-3-12(16)4-6-13/h3-6,11,14,18H,7-10H2,1-2H3,(H,17,19). The molecular weight excluding hydrogens is 261 g/mol. The van der Waals surface area contributed by atoms with E-state index >= 15 is 0 Å². The van der Waals surface area contributed by atoms with Crippen molar-refractivity contribution in [1.29, 1.82) is 0 Å². The molecule has 1 rings (SSSR count). The van der Waals surface area contributed by atoms with Crippen LogP contribution in [0.4, 0.5) is 4.39 Å². The van der Waals surface area contributed by atoms with Crippen molar-refractivity contribution in [3.8, 4) is 5.75 Å². The summed E-state index contributed by atoms with van der Waals surface area (Å²) in [5.41, 5.74) is 0. The molecule has 1 amide bonds. The van der Waals surface area contributed by atoms with Crippen LogP contribution in [0.15, 0.2) is 24.3 Å². The van der Waals surface area contributed by atoms with Crippen molar-refractivity contribution >= 4 is 5.91 Å². The number of carbonyl (C=O) groups excluding carboxylic acids is 1. The topological polar surface area (TPSA) is 58.6 Å². The van der Waals surface area contributed by atoms with Gasteiger partial charge in [0.15, 0.2) is 0 Å². The molecule has 2 N–H and O–H groups in total. The van der Waals surface area contributed by atoms with E-state index in [4.69, 9.17) is 9.84 Å². The number of halogens is 1. The van der Waals surface area contributed by atoms with Crippen LogP contribution in [0.2, 0.25) is 0 Å². The maximum absolute atomic E-state index is 12.7. The molecule has 0 aliphatic rings. The van der Waals surface area contributed by atoms with E-state index in [0.29, 0.717) is 12.2 Å². The molecule has 20 heavy (non-hydrogen) atoms. The highest BCUT2D eigenvalue weighted by Gasteiger charge is 2.15. The second kappa shape index (κ2) is 8.53. The summed E-state index contributed by atoms with van der Waals surface area (Å²) in [6, 6.07) is 5.64. The molecule has 0 aromatic heterocycles. The van der Waals surface area contributed by atoms with E-state index in [1.165, 1.54) is 24.3 Å². The van der Waals surface area contributed by atoms with Crippen LogP contribution in [-0.4, -0.2) is 30.3 Å². The van der Waals surface area contributed by atoms with Crippen LogP contribution in [0.5, 0.6) is 5.75 Å². The quantitative estimate of drug-likeness (QED) is 0.768. The van der Waals surface area contributed by atoms with E-state index in [9.17, 15) is 9.18 Å². The van der Waals surface area contributed by atoms with Gasteiger partial charge >= 0.3 is 0 Å². The number of hydrogen-bond donors (Lipinski definition) is 2. The first-order chi connectivity index (χ1) is 9.52. The Morgan fingerprint density at radius 1 is 1.35 bits per heavy atom. The minimum Gasteiger partial charge on any atom is -0.493 e. The zero-order valence-electron chi connectivity index (χ0n) is 11.9. The summed E-state index contributed by atoms with van der Waals surface area (Å²) in [6.45, 7) is 4.28. The van der Waals surface area contributed by atoms with E-state index in [2.05, 4.69) is 5.32 Å². The fraction of sp³-hybridized carbons (Fsp3) is 0.533. The zero-order chi connectivity index (χ0) is 15.0. The molecular formula is C15H22FNO3. The van der Waals surface area contributed by atoms with Gasteiger partial charge in [0.1, 0.15) is 11.6 Å². The van der Waals surface area contributed by atoms with Crippen LogP contribution in [0.25, 0.3) is 0 Å². The molecule has 1 unspecified atom stereocenters. The number of hydrogen-bond acceptors (Lipinski definition) is 3. The lowest BCUT2D eigenvalue weighted by Crippen LogP contribution is -2.39. The van der Waals surface area contributed by atoms with Crippen molar-refractivity contribution in [3.05, 3.63) is 30.1 Å². The van der Waals surface area contributed by atoms with Gasteiger partial charge in [0.25, 0.3) is 0 Å². The number of aliphatic hydroxyl groups is 1. The predicted molar refractivity (Wildman–Crippen MR) is 75.0 cm³/mol. The largest absolute Gasteiger partial charge is 0.493 e. The van der Waals surface area contributed by atoms with Crippen molar-refractivity contribution < 1.29 is 19.0 Å². The first-order valence-corrected chi connectivity index (χ1v) is 6.81. The Bertz CT molecular complexity index is 406. The Labute approximate surface area is 119 Å². The summed E-state index contributed by atoms with van der Waals surface area (Å²) in [5.74, 6) is 0.372. The highest BCUT2D eigenvalue weighted by atomic mass is 19.1. The summed E-state index contributed by atoms with van der Waals surface area (Å²) in [6.07, 6.45) is 0.772. The van der Waals surface area contributed by atoms with Crippen LogP contribution in [-0.2, 0) is 4.79 Å². The molecule has 0 bridgehead atoms. The third-order valence-electron chi connectivity index (χ3n) is 3.00. The number of benzene rings is 1. The van der Waals surface area contributed by atoms with Crippen LogP contribution in [0.1, 0.15) is 26.7 Å². The normalized spacial score (nSPS) is 12.2. The fourth-order valence-corrected chi connectivity index (χ4v) is 1.78. The molecule has 1 aromatic carbocycles. The van der Waals surface area contributed by atoms with Gasteiger partial charge in [-0.2, -0.15) is 0 Å². The van der Waals surface area contributed by atoms with E-state index in [1.807, 2.05) is 13.8 Å². The molecule has 0 radical (unpaired) electrons. The maximum Gasteiger partial charge on any atom is 0.223 e. The number of ether oxygens (including phenoxy) is 1. The molecule has 0 aliphatic heterocycles. The lowest BCUT2D eigenvalue weighted by atomic mass is 10.0. The molecule has 1 aromatic rings. The van der Waals surface area contributed by atoms with Crippen LogP contribution >= 0.6 is 0 Å². The second-order valence-corrected chi connectivity index (χ2v) is 4.98. The maximum atomic E-state index is 12.7. The summed E-state index contributed by atoms with van der Waals surface area (Å²) in [5, 5.41) is 11.8. The lowest BCUT2D eigenvalue weighted by Gasteiger charge is -2.21. The van der Waals surface area contributed by atoms with Gasteiger partial charge in [0.2, 0.25) is 5.91 Å². The summed E-state index contributed by atoms with van der Waals surface area (Å²) < 4.78 is 18.0. The molecule has 0 saturated heterocycles. The van der Waals surface area contributed by atoms with Gasteiger partial charge in [-0.15, -0.1) is 0 Å². The average molecular weight is 283 g/mol. The number of carbonyl (C=O) groups is 1. The van der Waals surface area contributed by atoms with Crippen LogP contribution in [0, 0.1) is 11.7 Å². The van der Waals surface area contributed by atoms with Gasteiger partial charge in [0.05, 0.1) is 13.0 Å². The van der Waals surface area contributed by atoms with Gasteiger partial charge in [-0.1, -0.05) is 13.8 Å². The Morgan fingerprint density at radius 3 is 2.55 bits per heavy atom. The zero-order valence-corrected chi connectivity index (χ0v) is 11.9. The van der Waals surface area contributed by atoms with E-state index < -0.39 is 0 Å². The van der Waals surface area contributed by atoms with Gasteiger partial charge in [-0.05, 0) is 36.6 Å². The summed E-state index contributed by atoms with van der Waals surface area (Å²) in [7, 11) is 0. The molecule has 0 heterocycles. The molecule has 112 valence electrons. The minimum atomic E-state index is -0.320. The SMILES string of the molecule is CC(C)C(CCO)NC(=O)CCOc1ccc(F)cc1. The molecule has 4 nitrogen and oxygen atoms in total. The smallest absolute Gasteiger partial charge is 0.223 e. The fourth-order valence-electron chi connectivity index (χ4n) is 1.78. The number of amides is 1. The van der Waals surface area contributed by atoms with E-state index in [1.54, 1.807) is 0 Å². The number of rotatable bonds is 8. The van der Waals surface area contributed by atoms with Crippen LogP contribution in [0.3, 0.4) is 0 Å². The molecule has 0 spiro atoms. The first-order valence-electron chi connectivity index (χ1n) is 6.81. The Kier molecular flexibility index (Phi) is 7.01. The monoisotopic (exact) mass is 283 g/mol. The summed E-state index contributed by atoms with van der Waals surface area (Å²) >= 11 is 0. The van der Waals surface area contributed by atoms with E-state index in [0.717, 1.165) is 0 Å². The number of aliphatic hydroxyl groups excluding tert-OH is 1. The highest BCUT2D eigenvalue weighted by Crippen LogP contribution is 2.11. The van der Waals surface area contributed by atoms with Crippen molar-refractivity contribution in [1.82, 2.24) is 5.32 Å². The van der Waals surface area contributed by atoms with Gasteiger partial charge in [-0.3, -0.25) is 4.79 Å². The molecule has 5 heteroatoms. The van der Waals surface area contributed by atoms with Crippen molar-refractivity contribution in [2.24, 2.45) is 5.92 Å². The third-order valence-corrected chi connectivity index (χ3v) is 3.00. The average Bonchev–Trinajstić information content (AvgIpc) is 2.40. The van der Waals surface area contributed by atoms with Crippen molar-refractivity contribution in [2.45, 2.75) is 32.7 Å². The number of nitrogens with one attached hydrogen (secondary N) is 1. The van der Waals surface area contributed by atoms with Gasteiger partial charge < -0.3 is 15.2 Å². The third kappa shape index (κ3) is 6.02. The molecule has 0 aliphatic carbocycles. The molecule has 0 saturated carbocycles. The van der Waals surface area contributed by atoms with Crippen molar-refractivity contribution in [2.75, 3.05) is 13.2 Å². The molecule has 0 fully saturated rings. The van der Waals surface area contributed by atoms with Crippen molar-refractivity contribution in [3.63, 3.8) is 0 Å². The molecule has 1 atom stereocenters. The Balaban J connectivity index is 2.30. The second-order valence-electron chi connectivity index (χ2n) is 4.98. The Morgan fingerprint density at radius 2 is 2.00 bits per heavy atom. The highest BCUT2D eigenvalue weighted by molar-refractivity contribution is 5.76. The Hall–Kier alpha value is -1.62. The van der Waals surface area contributed by atoms with E-state index in [-0.39, 0.29) is 43.3 Å². The lowest BCUT2D eigenvalue weighted by molar-refractivity contribution is -0.122. The van der Waals surface area contributed by atoms with Gasteiger partial charge in [0, 0.05) is 12.6 Å². The predicted octanol–water partition coefficient (Wildman–Crippen LogP) is 2.12. The van der Waals surface area contributed by atoms with Crippen LogP contribution < -0.4 is 10.1 Å². The van der Waals surface area contributed by atoms with Gasteiger partial charge in [-0.25, -0.2) is 4.39 Å².